The minimum Gasteiger partial charge on any atom is -0.489 e. The Labute approximate surface area is 115 Å². The topological polar surface area (TPSA) is 29.5 Å². The molecule has 1 heterocycles. The molecule has 0 saturated heterocycles. The van der Waals surface area contributed by atoms with Gasteiger partial charge in [-0.05, 0) is 30.2 Å². The van der Waals surface area contributed by atoms with Gasteiger partial charge < -0.3 is 9.84 Å². The van der Waals surface area contributed by atoms with E-state index < -0.39 is 0 Å². The fourth-order valence-corrected chi connectivity index (χ4v) is 3.33. The largest absolute Gasteiger partial charge is 0.489 e. The van der Waals surface area contributed by atoms with Crippen LogP contribution in [0.1, 0.15) is 18.9 Å². The molecule has 17 heavy (non-hydrogen) atoms. The molecule has 94 valence electrons. The molecule has 0 fully saturated rings. The number of fused-ring (bicyclic) bond motifs is 1. The lowest BCUT2D eigenvalue weighted by Crippen LogP contribution is -2.18. The van der Waals surface area contributed by atoms with E-state index in [4.69, 9.17) is 9.84 Å². The van der Waals surface area contributed by atoms with Crippen LogP contribution in [0.5, 0.6) is 5.75 Å². The Kier molecular flexibility index (Phi) is 4.77. The predicted molar refractivity (Wildman–Crippen MR) is 75.9 cm³/mol. The smallest absolute Gasteiger partial charge is 0.123 e. The van der Waals surface area contributed by atoms with Gasteiger partial charge in [0.1, 0.15) is 11.9 Å². The van der Waals surface area contributed by atoms with Crippen molar-refractivity contribution in [3.8, 4) is 5.75 Å². The standard InChI is InChI=1S/C13H17BrO2S/c1-9(4-5-15)17-8-12-7-10-6-11(14)2-3-13(10)16-12/h2-3,6,9,12,15H,4-5,7-8H2,1H3. The molecule has 2 nitrogen and oxygen atoms in total. The normalized spacial score (nSPS) is 19.8. The molecule has 2 unspecified atom stereocenters. The van der Waals surface area contributed by atoms with Crippen molar-refractivity contribution in [3.05, 3.63) is 28.2 Å². The van der Waals surface area contributed by atoms with Crippen LogP contribution >= 0.6 is 27.7 Å². The van der Waals surface area contributed by atoms with E-state index in [-0.39, 0.29) is 12.7 Å². The molecule has 0 amide bonds. The van der Waals surface area contributed by atoms with Crippen molar-refractivity contribution < 1.29 is 9.84 Å². The maximum Gasteiger partial charge on any atom is 0.123 e. The van der Waals surface area contributed by atoms with Crippen molar-refractivity contribution in [2.75, 3.05) is 12.4 Å². The van der Waals surface area contributed by atoms with E-state index in [0.29, 0.717) is 5.25 Å². The van der Waals surface area contributed by atoms with Gasteiger partial charge in [-0.2, -0.15) is 11.8 Å². The zero-order chi connectivity index (χ0) is 12.3. The summed E-state index contributed by atoms with van der Waals surface area (Å²) in [5, 5.41) is 9.35. The van der Waals surface area contributed by atoms with Crippen molar-refractivity contribution in [2.24, 2.45) is 0 Å². The summed E-state index contributed by atoms with van der Waals surface area (Å²) >= 11 is 5.36. The van der Waals surface area contributed by atoms with Crippen LogP contribution in [-0.4, -0.2) is 28.8 Å². The maximum atomic E-state index is 8.85. The van der Waals surface area contributed by atoms with E-state index in [1.807, 2.05) is 23.9 Å². The molecule has 0 aromatic heterocycles. The fraction of sp³-hybridized carbons (Fsp3) is 0.538. The van der Waals surface area contributed by atoms with Crippen LogP contribution in [0.15, 0.2) is 22.7 Å². The van der Waals surface area contributed by atoms with Gasteiger partial charge in [0.2, 0.25) is 0 Å². The Morgan fingerprint density at radius 2 is 2.41 bits per heavy atom. The van der Waals surface area contributed by atoms with Gasteiger partial charge in [0, 0.05) is 28.5 Å². The van der Waals surface area contributed by atoms with Crippen LogP contribution in [0.25, 0.3) is 0 Å². The van der Waals surface area contributed by atoms with E-state index in [1.165, 1.54) is 5.56 Å². The van der Waals surface area contributed by atoms with Gasteiger partial charge >= 0.3 is 0 Å². The molecule has 4 heteroatoms. The van der Waals surface area contributed by atoms with Crippen LogP contribution in [-0.2, 0) is 6.42 Å². The van der Waals surface area contributed by atoms with E-state index >= 15 is 0 Å². The Morgan fingerprint density at radius 1 is 1.59 bits per heavy atom. The molecule has 1 aromatic carbocycles. The second-order valence-electron chi connectivity index (χ2n) is 4.35. The van der Waals surface area contributed by atoms with E-state index in [0.717, 1.165) is 28.8 Å². The van der Waals surface area contributed by atoms with Crippen molar-refractivity contribution in [1.29, 1.82) is 0 Å². The first-order valence-electron chi connectivity index (χ1n) is 5.86. The highest BCUT2D eigenvalue weighted by Gasteiger charge is 2.23. The van der Waals surface area contributed by atoms with Crippen LogP contribution < -0.4 is 4.74 Å². The number of rotatable bonds is 5. The zero-order valence-electron chi connectivity index (χ0n) is 9.86. The molecular weight excluding hydrogens is 300 g/mol. The van der Waals surface area contributed by atoms with Gasteiger partial charge in [0.15, 0.2) is 0 Å². The summed E-state index contributed by atoms with van der Waals surface area (Å²) < 4.78 is 7.00. The third kappa shape index (κ3) is 3.63. The van der Waals surface area contributed by atoms with Crippen molar-refractivity contribution in [2.45, 2.75) is 31.1 Å². The highest BCUT2D eigenvalue weighted by atomic mass is 79.9. The average Bonchev–Trinajstić information content (AvgIpc) is 2.68. The number of thioether (sulfide) groups is 1. The van der Waals surface area contributed by atoms with E-state index in [1.54, 1.807) is 0 Å². The Bertz CT molecular complexity index is 384. The Morgan fingerprint density at radius 3 is 3.18 bits per heavy atom. The maximum absolute atomic E-state index is 8.85. The SMILES string of the molecule is CC(CCO)SCC1Cc2cc(Br)ccc2O1. The zero-order valence-corrected chi connectivity index (χ0v) is 12.3. The molecule has 1 aliphatic rings. The lowest BCUT2D eigenvalue weighted by atomic mass is 10.1. The number of ether oxygens (including phenoxy) is 1. The summed E-state index contributed by atoms with van der Waals surface area (Å²) in [6.45, 7) is 2.42. The number of aliphatic hydroxyl groups excluding tert-OH is 1. The fourth-order valence-electron chi connectivity index (χ4n) is 1.92. The van der Waals surface area contributed by atoms with Crippen LogP contribution in [0.3, 0.4) is 0 Å². The number of hydrogen-bond acceptors (Lipinski definition) is 3. The summed E-state index contributed by atoms with van der Waals surface area (Å²) in [4.78, 5) is 0. The minimum absolute atomic E-state index is 0.271. The quantitative estimate of drug-likeness (QED) is 0.904. The van der Waals surface area contributed by atoms with Crippen LogP contribution in [0, 0.1) is 0 Å². The predicted octanol–water partition coefficient (Wildman–Crippen LogP) is 3.26. The summed E-state index contributed by atoms with van der Waals surface area (Å²) in [5.41, 5.74) is 1.29. The van der Waals surface area contributed by atoms with E-state index in [2.05, 4.69) is 28.9 Å². The first-order chi connectivity index (χ1) is 8.19. The highest BCUT2D eigenvalue weighted by molar-refractivity contribution is 9.10. The lowest BCUT2D eigenvalue weighted by molar-refractivity contribution is 0.258. The molecular formula is C13H17BrO2S. The summed E-state index contributed by atoms with van der Waals surface area (Å²) in [6, 6.07) is 6.18. The average molecular weight is 317 g/mol. The third-order valence-electron chi connectivity index (χ3n) is 2.87. The first-order valence-corrected chi connectivity index (χ1v) is 7.70. The monoisotopic (exact) mass is 316 g/mol. The van der Waals surface area contributed by atoms with Gasteiger partial charge in [-0.15, -0.1) is 0 Å². The Balaban J connectivity index is 1.84. The molecule has 0 saturated carbocycles. The van der Waals surface area contributed by atoms with Gasteiger partial charge in [-0.3, -0.25) is 0 Å². The van der Waals surface area contributed by atoms with Crippen LogP contribution in [0.2, 0.25) is 0 Å². The minimum atomic E-state index is 0.271. The molecule has 2 rings (SSSR count). The molecule has 2 atom stereocenters. The van der Waals surface area contributed by atoms with E-state index in [9.17, 15) is 0 Å². The molecule has 0 aliphatic carbocycles. The summed E-state index contributed by atoms with van der Waals surface area (Å²) in [6.07, 6.45) is 2.13. The van der Waals surface area contributed by atoms with Crippen molar-refractivity contribution in [1.82, 2.24) is 0 Å². The summed E-state index contributed by atoms with van der Waals surface area (Å²) in [5.74, 6) is 2.02. The van der Waals surface area contributed by atoms with Gasteiger partial charge in [-0.25, -0.2) is 0 Å². The van der Waals surface area contributed by atoms with Gasteiger partial charge in [-0.1, -0.05) is 22.9 Å². The molecule has 1 N–H and O–H groups in total. The molecule has 0 radical (unpaired) electrons. The third-order valence-corrected chi connectivity index (χ3v) is 4.73. The van der Waals surface area contributed by atoms with Crippen LogP contribution in [0.4, 0.5) is 0 Å². The molecule has 1 aromatic rings. The molecule has 0 spiro atoms. The number of halogens is 1. The highest BCUT2D eigenvalue weighted by Crippen LogP contribution is 2.32. The second kappa shape index (κ2) is 6.12. The number of hydrogen-bond donors (Lipinski definition) is 1. The van der Waals surface area contributed by atoms with Crippen molar-refractivity contribution in [3.63, 3.8) is 0 Å². The second-order valence-corrected chi connectivity index (χ2v) is 6.74. The van der Waals surface area contributed by atoms with Gasteiger partial charge in [0.05, 0.1) is 0 Å². The number of benzene rings is 1. The Hall–Kier alpha value is -0.190. The first kappa shape index (κ1) is 13.2. The van der Waals surface area contributed by atoms with Crippen molar-refractivity contribution >= 4 is 27.7 Å². The lowest BCUT2D eigenvalue weighted by Gasteiger charge is -2.13. The molecule has 0 bridgehead atoms. The molecule has 1 aliphatic heterocycles. The summed E-state index contributed by atoms with van der Waals surface area (Å²) in [7, 11) is 0. The van der Waals surface area contributed by atoms with Gasteiger partial charge in [0.25, 0.3) is 0 Å². The number of aliphatic hydroxyl groups is 1.